The number of rotatable bonds is 2. The van der Waals surface area contributed by atoms with E-state index in [0.29, 0.717) is 18.0 Å². The second-order valence-corrected chi connectivity index (χ2v) is 10.4. The molecule has 3 aliphatic heterocycles. The molecule has 5 aliphatic rings. The van der Waals surface area contributed by atoms with Crippen molar-refractivity contribution in [3.63, 3.8) is 0 Å². The predicted octanol–water partition coefficient (Wildman–Crippen LogP) is 4.19. The SMILES string of the molecule is COc1ccc2c3c1O[C@H]1[C@H](N4CCCc5ccccc54)CCC4[C@@H](C2)N(C)CC[C@@]341. The van der Waals surface area contributed by atoms with E-state index in [0.717, 1.165) is 24.5 Å². The van der Waals surface area contributed by atoms with Gasteiger partial charge < -0.3 is 19.3 Å². The normalized spacial score (nSPS) is 35.2. The van der Waals surface area contributed by atoms with Gasteiger partial charge in [-0.2, -0.15) is 0 Å². The van der Waals surface area contributed by atoms with Crippen LogP contribution in [0.15, 0.2) is 36.4 Å². The topological polar surface area (TPSA) is 24.9 Å². The van der Waals surface area contributed by atoms with Gasteiger partial charge in [-0.05, 0) is 81.3 Å². The second-order valence-electron chi connectivity index (χ2n) is 10.4. The smallest absolute Gasteiger partial charge is 0.165 e. The molecule has 162 valence electrons. The Bertz CT molecular complexity index is 1050. The molecule has 1 spiro atoms. The van der Waals surface area contributed by atoms with Gasteiger partial charge in [-0.3, -0.25) is 0 Å². The highest BCUT2D eigenvalue weighted by Crippen LogP contribution is 2.64. The van der Waals surface area contributed by atoms with Crippen molar-refractivity contribution in [3.8, 4) is 11.5 Å². The number of nitrogens with zero attached hydrogens (tertiary/aromatic N) is 2. The van der Waals surface area contributed by atoms with Crippen LogP contribution in [0.25, 0.3) is 0 Å². The Labute approximate surface area is 185 Å². The predicted molar refractivity (Wildman–Crippen MR) is 122 cm³/mol. The first-order chi connectivity index (χ1) is 15.2. The van der Waals surface area contributed by atoms with Crippen LogP contribution in [0, 0.1) is 5.92 Å². The van der Waals surface area contributed by atoms with E-state index in [1.807, 2.05) is 0 Å². The molecule has 1 saturated carbocycles. The lowest BCUT2D eigenvalue weighted by Crippen LogP contribution is -2.68. The van der Waals surface area contributed by atoms with Crippen LogP contribution in [0.3, 0.4) is 0 Å². The molecular formula is C27H32N2O2. The molecule has 2 bridgehead atoms. The molecule has 1 saturated heterocycles. The Morgan fingerprint density at radius 3 is 2.84 bits per heavy atom. The lowest BCUT2D eigenvalue weighted by Gasteiger charge is -2.60. The van der Waals surface area contributed by atoms with E-state index in [2.05, 4.69) is 53.2 Å². The Balaban J connectivity index is 1.40. The zero-order chi connectivity index (χ0) is 20.7. The fraction of sp³-hybridized carbons (Fsp3) is 0.556. The van der Waals surface area contributed by atoms with Gasteiger partial charge in [0.2, 0.25) is 0 Å². The van der Waals surface area contributed by atoms with Crippen LogP contribution in [-0.4, -0.2) is 50.3 Å². The number of likely N-dealkylation sites (N-methyl/N-ethyl adjacent to an activating group) is 1. The standard InChI is InChI=1S/C27H32N2O2/c1-28-15-13-27-19-10-11-21(29-14-5-7-17-6-3-4-8-20(17)29)26(27)31-25-23(30-2)12-9-18(24(25)27)16-22(19)28/h3-4,6,8-9,12,19,21-22,26H,5,7,10-11,13-16H2,1-2H3/t19?,21-,22-,26+,27+/m1/s1. The minimum Gasteiger partial charge on any atom is -0.493 e. The van der Waals surface area contributed by atoms with E-state index in [-0.39, 0.29) is 11.5 Å². The maximum atomic E-state index is 7.03. The summed E-state index contributed by atoms with van der Waals surface area (Å²) in [6.45, 7) is 2.31. The number of piperidine rings is 1. The van der Waals surface area contributed by atoms with E-state index in [9.17, 15) is 0 Å². The maximum Gasteiger partial charge on any atom is 0.165 e. The van der Waals surface area contributed by atoms with Crippen molar-refractivity contribution in [3.05, 3.63) is 53.1 Å². The number of aryl methyl sites for hydroxylation is 1. The third-order valence-electron chi connectivity index (χ3n) is 9.31. The summed E-state index contributed by atoms with van der Waals surface area (Å²) >= 11 is 0. The number of para-hydroxylation sites is 1. The second kappa shape index (κ2) is 6.41. The van der Waals surface area contributed by atoms with E-state index < -0.39 is 0 Å². The van der Waals surface area contributed by atoms with Crippen LogP contribution in [0.2, 0.25) is 0 Å². The van der Waals surface area contributed by atoms with Gasteiger partial charge >= 0.3 is 0 Å². The molecule has 4 nitrogen and oxygen atoms in total. The quantitative estimate of drug-likeness (QED) is 0.733. The van der Waals surface area contributed by atoms with Crippen molar-refractivity contribution in [2.75, 3.05) is 32.1 Å². The van der Waals surface area contributed by atoms with Gasteiger partial charge in [0.15, 0.2) is 11.5 Å². The summed E-state index contributed by atoms with van der Waals surface area (Å²) in [6.07, 6.45) is 7.54. The van der Waals surface area contributed by atoms with Gasteiger partial charge in [-0.25, -0.2) is 0 Å². The number of fused-ring (bicyclic) bond motifs is 1. The minimum atomic E-state index is 0.143. The molecule has 3 heterocycles. The number of ether oxygens (including phenoxy) is 2. The fourth-order valence-electron chi connectivity index (χ4n) is 8.09. The highest BCUT2D eigenvalue weighted by Gasteiger charge is 2.66. The molecule has 2 aromatic rings. The lowest BCUT2D eigenvalue weighted by molar-refractivity contribution is -0.0525. The van der Waals surface area contributed by atoms with Gasteiger partial charge in [0.05, 0.1) is 13.2 Å². The Hall–Kier alpha value is -2.20. The molecule has 31 heavy (non-hydrogen) atoms. The fourth-order valence-corrected chi connectivity index (χ4v) is 8.09. The van der Waals surface area contributed by atoms with Gasteiger partial charge in [0.1, 0.15) is 6.10 Å². The van der Waals surface area contributed by atoms with E-state index in [4.69, 9.17) is 9.47 Å². The van der Waals surface area contributed by atoms with Crippen molar-refractivity contribution in [2.45, 2.75) is 62.1 Å². The van der Waals surface area contributed by atoms with Gasteiger partial charge in [0, 0.05) is 29.3 Å². The van der Waals surface area contributed by atoms with Crippen molar-refractivity contribution >= 4 is 5.69 Å². The third-order valence-corrected chi connectivity index (χ3v) is 9.31. The van der Waals surface area contributed by atoms with Crippen LogP contribution < -0.4 is 14.4 Å². The van der Waals surface area contributed by atoms with Crippen LogP contribution in [0.5, 0.6) is 11.5 Å². The number of anilines is 1. The Morgan fingerprint density at radius 1 is 1.03 bits per heavy atom. The number of methoxy groups -OCH3 is 1. The van der Waals surface area contributed by atoms with E-state index in [1.165, 1.54) is 61.0 Å². The summed E-state index contributed by atoms with van der Waals surface area (Å²) in [4.78, 5) is 5.35. The highest BCUT2D eigenvalue weighted by atomic mass is 16.5. The number of hydrogen-bond acceptors (Lipinski definition) is 4. The minimum absolute atomic E-state index is 0.143. The van der Waals surface area contributed by atoms with Crippen molar-refractivity contribution in [1.29, 1.82) is 0 Å². The third kappa shape index (κ3) is 2.24. The van der Waals surface area contributed by atoms with Crippen molar-refractivity contribution in [1.82, 2.24) is 4.90 Å². The summed E-state index contributed by atoms with van der Waals surface area (Å²) < 4.78 is 12.9. The van der Waals surface area contributed by atoms with Crippen molar-refractivity contribution < 1.29 is 9.47 Å². The molecule has 0 amide bonds. The summed E-state index contributed by atoms with van der Waals surface area (Å²) in [5.41, 5.74) is 6.11. The van der Waals surface area contributed by atoms with Crippen LogP contribution in [0.4, 0.5) is 5.69 Å². The summed E-state index contributed by atoms with van der Waals surface area (Å²) in [5.74, 6) is 2.68. The largest absolute Gasteiger partial charge is 0.493 e. The molecule has 2 aromatic carbocycles. The summed E-state index contributed by atoms with van der Waals surface area (Å²) in [7, 11) is 4.13. The first kappa shape index (κ1) is 18.4. The first-order valence-electron chi connectivity index (χ1n) is 12.1. The molecule has 4 heteroatoms. The molecule has 0 N–H and O–H groups in total. The number of hydrogen-bond donors (Lipinski definition) is 0. The zero-order valence-electron chi connectivity index (χ0n) is 18.6. The molecule has 2 fully saturated rings. The zero-order valence-corrected chi connectivity index (χ0v) is 18.6. The average Bonchev–Trinajstić information content (AvgIpc) is 3.16. The molecule has 2 aliphatic carbocycles. The highest BCUT2D eigenvalue weighted by molar-refractivity contribution is 5.63. The molecule has 0 aromatic heterocycles. The molecule has 7 rings (SSSR count). The maximum absolute atomic E-state index is 7.03. The molecule has 0 radical (unpaired) electrons. The van der Waals surface area contributed by atoms with E-state index >= 15 is 0 Å². The summed E-state index contributed by atoms with van der Waals surface area (Å²) in [6, 6.07) is 14.6. The average molecular weight is 417 g/mol. The van der Waals surface area contributed by atoms with Crippen LogP contribution in [0.1, 0.15) is 42.4 Å². The molecule has 5 atom stereocenters. The summed E-state index contributed by atoms with van der Waals surface area (Å²) in [5, 5.41) is 0. The Kier molecular flexibility index (Phi) is 3.80. The van der Waals surface area contributed by atoms with Gasteiger partial charge in [0.25, 0.3) is 0 Å². The van der Waals surface area contributed by atoms with Crippen LogP contribution >= 0.6 is 0 Å². The molecular weight excluding hydrogens is 384 g/mol. The number of benzene rings is 2. The van der Waals surface area contributed by atoms with Gasteiger partial charge in [-0.15, -0.1) is 0 Å². The van der Waals surface area contributed by atoms with E-state index in [1.54, 1.807) is 7.11 Å². The van der Waals surface area contributed by atoms with Gasteiger partial charge in [-0.1, -0.05) is 24.3 Å². The van der Waals surface area contributed by atoms with Crippen LogP contribution in [-0.2, 0) is 18.3 Å². The number of likely N-dealkylation sites (tertiary alicyclic amines) is 1. The molecule has 1 unspecified atom stereocenters. The first-order valence-corrected chi connectivity index (χ1v) is 12.1. The van der Waals surface area contributed by atoms with Crippen molar-refractivity contribution in [2.24, 2.45) is 5.92 Å². The monoisotopic (exact) mass is 416 g/mol. The Morgan fingerprint density at radius 2 is 1.94 bits per heavy atom. The lowest BCUT2D eigenvalue weighted by atomic mass is 9.51.